The summed E-state index contributed by atoms with van der Waals surface area (Å²) in [6.07, 6.45) is 2.88. The van der Waals surface area contributed by atoms with Crippen molar-refractivity contribution in [3.05, 3.63) is 106 Å². The van der Waals surface area contributed by atoms with Gasteiger partial charge in [-0.25, -0.2) is 0 Å². The van der Waals surface area contributed by atoms with E-state index in [1.165, 1.54) is 16.7 Å². The summed E-state index contributed by atoms with van der Waals surface area (Å²) in [6, 6.07) is 21.9. The summed E-state index contributed by atoms with van der Waals surface area (Å²) in [5, 5.41) is 21.5. The predicted octanol–water partition coefficient (Wildman–Crippen LogP) is 4.41. The van der Waals surface area contributed by atoms with Crippen molar-refractivity contribution in [2.24, 2.45) is 5.92 Å². The van der Waals surface area contributed by atoms with Crippen LogP contribution in [-0.2, 0) is 42.6 Å². The van der Waals surface area contributed by atoms with Crippen LogP contribution in [0, 0.1) is 5.92 Å². The molecule has 0 aliphatic carbocycles. The molecule has 240 valence electrons. The standard InChI is InChI=1S/C35H36BrN3O7/c1-23(7-6-10-31(42)37(17-18-40)21-25-8-4-3-5-9-25)35(45)29-19-27(36)13-16-30(29)38(34(35)44)22-26-11-14-28(15-12-26)39-32(43)20-33(39)46-24(2)41/h3-9,11-16,19,23,33,40,45H,10,17-18,20-22H2,1-2H3/b7-6+/t23-,33?,35+/m1/s1. The zero-order chi connectivity index (χ0) is 33.0. The lowest BCUT2D eigenvalue weighted by Crippen LogP contribution is -2.54. The van der Waals surface area contributed by atoms with Gasteiger partial charge in [-0.2, -0.15) is 0 Å². The SMILES string of the molecule is CC(=O)OC1CC(=O)N1c1ccc(CN2C(=O)[C@](O)([C@H](C)/C=C/CC(=O)N(CCO)Cc3ccccc3)c3cc(Br)ccc32)cc1. The third-order valence-electron chi connectivity index (χ3n) is 8.31. The van der Waals surface area contributed by atoms with Crippen molar-refractivity contribution in [1.29, 1.82) is 0 Å². The third kappa shape index (κ3) is 6.76. The second kappa shape index (κ2) is 14.0. The molecule has 0 spiro atoms. The molecule has 1 saturated heterocycles. The summed E-state index contributed by atoms with van der Waals surface area (Å²) >= 11 is 3.47. The summed E-state index contributed by atoms with van der Waals surface area (Å²) in [7, 11) is 0. The highest BCUT2D eigenvalue weighted by molar-refractivity contribution is 9.10. The number of nitrogens with zero attached hydrogens (tertiary/aromatic N) is 3. The average molecular weight is 691 g/mol. The van der Waals surface area contributed by atoms with Crippen molar-refractivity contribution >= 4 is 51.0 Å². The highest BCUT2D eigenvalue weighted by Crippen LogP contribution is 2.47. The number of anilines is 2. The average Bonchev–Trinajstić information content (AvgIpc) is 3.23. The third-order valence-corrected chi connectivity index (χ3v) is 8.80. The van der Waals surface area contributed by atoms with Crippen LogP contribution >= 0.6 is 15.9 Å². The molecule has 5 rings (SSSR count). The van der Waals surface area contributed by atoms with E-state index < -0.39 is 29.6 Å². The fourth-order valence-corrected chi connectivity index (χ4v) is 6.22. The Kier molecular flexibility index (Phi) is 10.0. The van der Waals surface area contributed by atoms with E-state index in [2.05, 4.69) is 15.9 Å². The van der Waals surface area contributed by atoms with Gasteiger partial charge in [0.15, 0.2) is 11.8 Å². The Morgan fingerprint density at radius 3 is 2.46 bits per heavy atom. The molecular formula is C35H36BrN3O7. The normalized spacial score (nSPS) is 19.6. The summed E-state index contributed by atoms with van der Waals surface area (Å²) < 4.78 is 5.91. The number of fused-ring (bicyclic) bond motifs is 1. The lowest BCUT2D eigenvalue weighted by Gasteiger charge is -2.39. The molecule has 0 radical (unpaired) electrons. The van der Waals surface area contributed by atoms with Crippen molar-refractivity contribution in [1.82, 2.24) is 4.90 Å². The fourth-order valence-electron chi connectivity index (χ4n) is 5.86. The van der Waals surface area contributed by atoms with Gasteiger partial charge in [0.05, 0.1) is 25.3 Å². The summed E-state index contributed by atoms with van der Waals surface area (Å²) in [6.45, 7) is 3.60. The topological polar surface area (TPSA) is 128 Å². The van der Waals surface area contributed by atoms with E-state index in [0.717, 1.165) is 11.1 Å². The van der Waals surface area contributed by atoms with Crippen molar-refractivity contribution in [2.75, 3.05) is 23.0 Å². The number of ether oxygens (including phenoxy) is 1. The zero-order valence-electron chi connectivity index (χ0n) is 25.6. The number of hydrogen-bond donors (Lipinski definition) is 2. The van der Waals surface area contributed by atoms with Crippen LogP contribution in [0.4, 0.5) is 11.4 Å². The maximum atomic E-state index is 14.0. The highest BCUT2D eigenvalue weighted by Gasteiger charge is 2.52. The highest BCUT2D eigenvalue weighted by atomic mass is 79.9. The van der Waals surface area contributed by atoms with Gasteiger partial charge in [-0.05, 0) is 41.5 Å². The molecule has 1 unspecified atom stereocenters. The van der Waals surface area contributed by atoms with Crippen LogP contribution in [0.1, 0.15) is 43.4 Å². The lowest BCUT2D eigenvalue weighted by molar-refractivity contribution is -0.154. The Hall–Kier alpha value is -4.32. The maximum Gasteiger partial charge on any atom is 0.304 e. The molecule has 2 N–H and O–H groups in total. The van der Waals surface area contributed by atoms with Crippen molar-refractivity contribution < 1.29 is 34.1 Å². The van der Waals surface area contributed by atoms with Crippen LogP contribution in [0.15, 0.2) is 89.4 Å². The largest absolute Gasteiger partial charge is 0.441 e. The molecule has 2 aliphatic rings. The van der Waals surface area contributed by atoms with E-state index in [0.29, 0.717) is 28.0 Å². The minimum atomic E-state index is -1.88. The molecule has 3 amide bonds. The van der Waals surface area contributed by atoms with Crippen molar-refractivity contribution in [3.8, 4) is 0 Å². The molecule has 1 fully saturated rings. The van der Waals surface area contributed by atoms with Crippen LogP contribution in [0.3, 0.4) is 0 Å². The van der Waals surface area contributed by atoms with Gasteiger partial charge in [-0.15, -0.1) is 0 Å². The van der Waals surface area contributed by atoms with Gasteiger partial charge < -0.3 is 24.7 Å². The number of benzene rings is 3. The first-order valence-electron chi connectivity index (χ1n) is 15.0. The number of esters is 1. The summed E-state index contributed by atoms with van der Waals surface area (Å²) in [4.78, 5) is 55.1. The molecule has 2 aliphatic heterocycles. The minimum Gasteiger partial charge on any atom is -0.441 e. The monoisotopic (exact) mass is 689 g/mol. The van der Waals surface area contributed by atoms with Gasteiger partial charge in [-0.1, -0.05) is 77.5 Å². The Balaban J connectivity index is 1.30. The number of halogens is 1. The second-order valence-electron chi connectivity index (χ2n) is 11.5. The van der Waals surface area contributed by atoms with E-state index in [1.807, 2.05) is 30.3 Å². The molecule has 0 saturated carbocycles. The molecule has 2 heterocycles. The first-order valence-corrected chi connectivity index (χ1v) is 15.8. The van der Waals surface area contributed by atoms with Gasteiger partial charge in [0.1, 0.15) is 0 Å². The number of aliphatic hydroxyl groups excluding tert-OH is 1. The molecule has 11 heteroatoms. The van der Waals surface area contributed by atoms with Gasteiger partial charge in [0.2, 0.25) is 11.8 Å². The van der Waals surface area contributed by atoms with Crippen molar-refractivity contribution in [3.63, 3.8) is 0 Å². The van der Waals surface area contributed by atoms with E-state index in [4.69, 9.17) is 4.74 Å². The molecular weight excluding hydrogens is 654 g/mol. The van der Waals surface area contributed by atoms with E-state index in [9.17, 15) is 29.4 Å². The molecule has 0 bridgehead atoms. The molecule has 46 heavy (non-hydrogen) atoms. The zero-order valence-corrected chi connectivity index (χ0v) is 27.2. The molecule has 0 aromatic heterocycles. The predicted molar refractivity (Wildman–Crippen MR) is 175 cm³/mol. The van der Waals surface area contributed by atoms with Crippen LogP contribution < -0.4 is 9.80 Å². The van der Waals surface area contributed by atoms with Crippen molar-refractivity contribution in [2.45, 2.75) is 51.6 Å². The van der Waals surface area contributed by atoms with Crippen LogP contribution in [0.2, 0.25) is 0 Å². The number of rotatable bonds is 12. The number of aliphatic hydroxyl groups is 2. The smallest absolute Gasteiger partial charge is 0.304 e. The fraction of sp³-hybridized carbons (Fsp3) is 0.314. The minimum absolute atomic E-state index is 0.0423. The number of β-lactam (4-membered cyclic amide) rings is 1. The Morgan fingerprint density at radius 2 is 1.80 bits per heavy atom. The van der Waals surface area contributed by atoms with Gasteiger partial charge in [0, 0.05) is 48.1 Å². The first-order chi connectivity index (χ1) is 22.0. The number of amides is 3. The molecule has 3 aromatic carbocycles. The van der Waals surface area contributed by atoms with Crippen LogP contribution in [0.5, 0.6) is 0 Å². The quantitative estimate of drug-likeness (QED) is 0.164. The van der Waals surface area contributed by atoms with E-state index >= 15 is 0 Å². The van der Waals surface area contributed by atoms with E-state index in [1.54, 1.807) is 66.4 Å². The Morgan fingerprint density at radius 1 is 1.09 bits per heavy atom. The number of carbonyl (C=O) groups excluding carboxylic acids is 4. The Bertz CT molecular complexity index is 1650. The summed E-state index contributed by atoms with van der Waals surface area (Å²) in [5.74, 6) is -1.97. The molecule has 10 nitrogen and oxygen atoms in total. The number of hydrogen-bond acceptors (Lipinski definition) is 7. The van der Waals surface area contributed by atoms with Gasteiger partial charge in [-0.3, -0.25) is 24.1 Å². The molecule has 3 atom stereocenters. The second-order valence-corrected chi connectivity index (χ2v) is 12.4. The lowest BCUT2D eigenvalue weighted by atomic mass is 9.83. The van der Waals surface area contributed by atoms with Crippen LogP contribution in [-0.4, -0.2) is 58.2 Å². The number of carbonyl (C=O) groups is 4. The van der Waals surface area contributed by atoms with E-state index in [-0.39, 0.29) is 44.4 Å². The maximum absolute atomic E-state index is 14.0. The first kappa shape index (κ1) is 33.1. The Labute approximate surface area is 276 Å². The molecule has 3 aromatic rings. The van der Waals surface area contributed by atoms with Gasteiger partial charge in [0.25, 0.3) is 5.91 Å². The summed E-state index contributed by atoms with van der Waals surface area (Å²) in [5.41, 5.74) is 1.44. The van der Waals surface area contributed by atoms with Crippen LogP contribution in [0.25, 0.3) is 0 Å². The van der Waals surface area contributed by atoms with Gasteiger partial charge >= 0.3 is 5.97 Å².